The van der Waals surface area contributed by atoms with Crippen LogP contribution in [0.25, 0.3) is 0 Å². The number of hydrogen-bond acceptors (Lipinski definition) is 3. The summed E-state index contributed by atoms with van der Waals surface area (Å²) in [4.78, 5) is 0. The molecule has 0 bridgehead atoms. The van der Waals surface area contributed by atoms with E-state index in [1.807, 2.05) is 13.8 Å². The van der Waals surface area contributed by atoms with Crippen LogP contribution in [-0.4, -0.2) is 54.4 Å². The van der Waals surface area contributed by atoms with Crippen molar-refractivity contribution >= 4 is 10.2 Å². The van der Waals surface area contributed by atoms with Gasteiger partial charge in [-0.3, -0.25) is 0 Å². The second-order valence-electron chi connectivity index (χ2n) is 6.05. The summed E-state index contributed by atoms with van der Waals surface area (Å²) in [6.07, 6.45) is 1.57. The van der Waals surface area contributed by atoms with Crippen molar-refractivity contribution in [1.82, 2.24) is 8.61 Å². The summed E-state index contributed by atoms with van der Waals surface area (Å²) >= 11 is 0. The molecule has 1 aliphatic rings. The molecule has 0 amide bonds. The third-order valence-corrected chi connectivity index (χ3v) is 5.72. The first kappa shape index (κ1) is 16.9. The monoisotopic (exact) mass is 292 g/mol. The van der Waals surface area contributed by atoms with Gasteiger partial charge in [-0.1, -0.05) is 13.8 Å². The molecule has 0 spiro atoms. The average molecular weight is 292 g/mol. The number of aliphatic hydroxyl groups excluding tert-OH is 1. The first-order valence-corrected chi connectivity index (χ1v) is 8.56. The molecular formula is C13H28N2O3S. The molecule has 0 aromatic carbocycles. The minimum absolute atomic E-state index is 0.0194. The molecule has 1 aliphatic heterocycles. The van der Waals surface area contributed by atoms with E-state index in [1.165, 1.54) is 4.31 Å². The molecule has 5 nitrogen and oxygen atoms in total. The number of aliphatic hydroxyl groups is 1. The van der Waals surface area contributed by atoms with E-state index < -0.39 is 10.2 Å². The van der Waals surface area contributed by atoms with E-state index in [0.29, 0.717) is 37.9 Å². The normalized spacial score (nSPS) is 26.3. The summed E-state index contributed by atoms with van der Waals surface area (Å²) in [6, 6.07) is -0.0795. The van der Waals surface area contributed by atoms with Gasteiger partial charge in [0.1, 0.15) is 0 Å². The summed E-state index contributed by atoms with van der Waals surface area (Å²) in [7, 11) is -3.41. The van der Waals surface area contributed by atoms with Crippen LogP contribution in [0.3, 0.4) is 0 Å². The van der Waals surface area contributed by atoms with Crippen LogP contribution >= 0.6 is 0 Å². The predicted molar refractivity (Wildman–Crippen MR) is 77.0 cm³/mol. The van der Waals surface area contributed by atoms with Crippen LogP contribution in [0.2, 0.25) is 0 Å². The fourth-order valence-electron chi connectivity index (χ4n) is 2.81. The van der Waals surface area contributed by atoms with Crippen molar-refractivity contribution in [2.45, 2.75) is 46.6 Å². The van der Waals surface area contributed by atoms with Crippen molar-refractivity contribution in [3.8, 4) is 0 Å². The Morgan fingerprint density at radius 3 is 2.21 bits per heavy atom. The van der Waals surface area contributed by atoms with Crippen molar-refractivity contribution in [2.24, 2.45) is 11.8 Å². The van der Waals surface area contributed by atoms with Crippen LogP contribution in [0.4, 0.5) is 0 Å². The van der Waals surface area contributed by atoms with E-state index >= 15 is 0 Å². The molecule has 114 valence electrons. The molecule has 0 radical (unpaired) electrons. The molecular weight excluding hydrogens is 264 g/mol. The lowest BCUT2D eigenvalue weighted by Gasteiger charge is -2.38. The Morgan fingerprint density at radius 2 is 1.79 bits per heavy atom. The van der Waals surface area contributed by atoms with Gasteiger partial charge in [-0.05, 0) is 38.5 Å². The molecule has 0 saturated carbocycles. The number of nitrogens with zero attached hydrogens (tertiary/aromatic N) is 2. The van der Waals surface area contributed by atoms with E-state index in [1.54, 1.807) is 4.31 Å². The molecule has 0 aromatic rings. The van der Waals surface area contributed by atoms with Gasteiger partial charge in [0.15, 0.2) is 0 Å². The minimum Gasteiger partial charge on any atom is -0.396 e. The van der Waals surface area contributed by atoms with E-state index in [2.05, 4.69) is 13.8 Å². The van der Waals surface area contributed by atoms with Gasteiger partial charge >= 0.3 is 0 Å². The Morgan fingerprint density at radius 1 is 1.26 bits per heavy atom. The Bertz CT molecular complexity index is 360. The van der Waals surface area contributed by atoms with Crippen LogP contribution in [0.15, 0.2) is 0 Å². The van der Waals surface area contributed by atoms with Crippen molar-refractivity contribution in [3.05, 3.63) is 0 Å². The lowest BCUT2D eigenvalue weighted by Crippen LogP contribution is -2.51. The maximum atomic E-state index is 12.7. The highest BCUT2D eigenvalue weighted by atomic mass is 32.2. The standard InChI is InChI=1S/C13H28N2O3S/c1-11(2)15(6-5-7-16)19(17,18)14-9-12(3)8-13(4)10-14/h11-13,16H,5-10H2,1-4H3. The topological polar surface area (TPSA) is 60.9 Å². The molecule has 1 saturated heterocycles. The first-order valence-electron chi connectivity index (χ1n) is 7.16. The van der Waals surface area contributed by atoms with Gasteiger partial charge in [0.2, 0.25) is 0 Å². The van der Waals surface area contributed by atoms with Crippen LogP contribution in [0.5, 0.6) is 0 Å². The number of rotatable bonds is 6. The smallest absolute Gasteiger partial charge is 0.282 e. The first-order chi connectivity index (χ1) is 8.78. The minimum atomic E-state index is -3.41. The maximum absolute atomic E-state index is 12.7. The highest BCUT2D eigenvalue weighted by Gasteiger charge is 2.35. The summed E-state index contributed by atoms with van der Waals surface area (Å²) < 4.78 is 28.5. The molecule has 19 heavy (non-hydrogen) atoms. The van der Waals surface area contributed by atoms with Crippen LogP contribution in [0.1, 0.15) is 40.5 Å². The molecule has 1 fully saturated rings. The van der Waals surface area contributed by atoms with Crippen LogP contribution < -0.4 is 0 Å². The number of hydrogen-bond donors (Lipinski definition) is 1. The molecule has 1 N–H and O–H groups in total. The summed E-state index contributed by atoms with van der Waals surface area (Å²) in [5.41, 5.74) is 0. The summed E-state index contributed by atoms with van der Waals surface area (Å²) in [6.45, 7) is 9.58. The van der Waals surface area contributed by atoms with E-state index in [4.69, 9.17) is 5.11 Å². The van der Waals surface area contributed by atoms with Crippen molar-refractivity contribution in [2.75, 3.05) is 26.2 Å². The van der Waals surface area contributed by atoms with Crippen molar-refractivity contribution in [1.29, 1.82) is 0 Å². The zero-order chi connectivity index (χ0) is 14.6. The Balaban J connectivity index is 2.86. The SMILES string of the molecule is CC1CC(C)CN(S(=O)(=O)N(CCCO)C(C)C)C1. The molecule has 6 heteroatoms. The molecule has 0 aromatic heterocycles. The third-order valence-electron chi connectivity index (χ3n) is 3.57. The van der Waals surface area contributed by atoms with Gasteiger partial charge in [0, 0.05) is 32.3 Å². The fourth-order valence-corrected chi connectivity index (χ4v) is 4.88. The van der Waals surface area contributed by atoms with Gasteiger partial charge in [-0.25, -0.2) is 0 Å². The summed E-state index contributed by atoms with van der Waals surface area (Å²) in [5, 5.41) is 8.92. The highest BCUT2D eigenvalue weighted by molar-refractivity contribution is 7.86. The zero-order valence-corrected chi connectivity index (χ0v) is 13.4. The van der Waals surface area contributed by atoms with Gasteiger partial charge in [-0.2, -0.15) is 17.0 Å². The van der Waals surface area contributed by atoms with E-state index in [-0.39, 0.29) is 12.6 Å². The average Bonchev–Trinajstić information content (AvgIpc) is 2.27. The molecule has 1 heterocycles. The van der Waals surface area contributed by atoms with Crippen molar-refractivity contribution in [3.63, 3.8) is 0 Å². The fraction of sp³-hybridized carbons (Fsp3) is 1.00. The van der Waals surface area contributed by atoms with Gasteiger partial charge < -0.3 is 5.11 Å². The third kappa shape index (κ3) is 4.41. The molecule has 1 rings (SSSR count). The summed E-state index contributed by atoms with van der Waals surface area (Å²) in [5.74, 6) is 0.816. The largest absolute Gasteiger partial charge is 0.396 e. The molecule has 2 unspecified atom stereocenters. The van der Waals surface area contributed by atoms with Gasteiger partial charge in [0.05, 0.1) is 0 Å². The van der Waals surface area contributed by atoms with Crippen LogP contribution in [-0.2, 0) is 10.2 Å². The van der Waals surface area contributed by atoms with Gasteiger partial charge in [-0.15, -0.1) is 0 Å². The van der Waals surface area contributed by atoms with Gasteiger partial charge in [0.25, 0.3) is 10.2 Å². The van der Waals surface area contributed by atoms with Crippen LogP contribution in [0, 0.1) is 11.8 Å². The second kappa shape index (κ2) is 7.02. The zero-order valence-electron chi connectivity index (χ0n) is 12.5. The van der Waals surface area contributed by atoms with E-state index in [9.17, 15) is 8.42 Å². The molecule has 2 atom stereocenters. The Labute approximate surface area is 117 Å². The number of piperidine rings is 1. The Kier molecular flexibility index (Phi) is 6.23. The predicted octanol–water partition coefficient (Wildman–Crippen LogP) is 1.30. The quantitative estimate of drug-likeness (QED) is 0.803. The lowest BCUT2D eigenvalue weighted by atomic mass is 9.94. The lowest BCUT2D eigenvalue weighted by molar-refractivity contribution is 0.198. The molecule has 0 aliphatic carbocycles. The highest BCUT2D eigenvalue weighted by Crippen LogP contribution is 2.25. The Hall–Kier alpha value is -0.170. The second-order valence-corrected chi connectivity index (χ2v) is 7.93. The van der Waals surface area contributed by atoms with Crippen molar-refractivity contribution < 1.29 is 13.5 Å². The maximum Gasteiger partial charge on any atom is 0.282 e. The van der Waals surface area contributed by atoms with E-state index in [0.717, 1.165) is 6.42 Å².